The van der Waals surface area contributed by atoms with Crippen molar-refractivity contribution in [3.63, 3.8) is 0 Å². The number of nitrogens with zero attached hydrogens (tertiary/aromatic N) is 1. The van der Waals surface area contributed by atoms with Crippen molar-refractivity contribution in [1.82, 2.24) is 0 Å². The van der Waals surface area contributed by atoms with E-state index in [4.69, 9.17) is 0 Å². The lowest BCUT2D eigenvalue weighted by Gasteiger charge is -2.40. The standard InChI is InChI=1S/C18H26N/c1-2-3-6-13-19(14-7-8-15-19)18-12-11-16-9-4-5-10-17(16)18/h4-5,9-12,18H,2-3,6-8,13-15H2,1H3/q+1. The monoisotopic (exact) mass is 256 g/mol. The molecule has 19 heavy (non-hydrogen) atoms. The Kier molecular flexibility index (Phi) is 3.74. The third kappa shape index (κ3) is 2.36. The molecule has 1 heterocycles. The van der Waals surface area contributed by atoms with Crippen LogP contribution in [0.4, 0.5) is 0 Å². The Morgan fingerprint density at radius 1 is 1.11 bits per heavy atom. The van der Waals surface area contributed by atoms with Gasteiger partial charge in [0.1, 0.15) is 6.04 Å². The lowest BCUT2D eigenvalue weighted by Crippen LogP contribution is -2.47. The van der Waals surface area contributed by atoms with Crippen LogP contribution in [0.15, 0.2) is 30.3 Å². The molecule has 1 aromatic carbocycles. The van der Waals surface area contributed by atoms with E-state index in [1.54, 1.807) is 5.56 Å². The normalized spacial score (nSPS) is 23.7. The van der Waals surface area contributed by atoms with Crippen molar-refractivity contribution >= 4 is 6.08 Å². The van der Waals surface area contributed by atoms with Gasteiger partial charge in [-0.3, -0.25) is 0 Å². The molecule has 2 aliphatic rings. The Bertz CT molecular complexity index is 455. The second kappa shape index (κ2) is 5.50. The molecule has 0 spiro atoms. The highest BCUT2D eigenvalue weighted by Gasteiger charge is 2.41. The van der Waals surface area contributed by atoms with Crippen LogP contribution in [0, 0.1) is 0 Å². The minimum atomic E-state index is 0.635. The molecule has 1 aliphatic carbocycles. The van der Waals surface area contributed by atoms with Gasteiger partial charge in [-0.15, -0.1) is 0 Å². The summed E-state index contributed by atoms with van der Waals surface area (Å²) < 4.78 is 1.33. The highest BCUT2D eigenvalue weighted by Crippen LogP contribution is 2.41. The zero-order valence-corrected chi connectivity index (χ0v) is 12.1. The second-order valence-electron chi connectivity index (χ2n) is 6.24. The fraction of sp³-hybridized carbons (Fsp3) is 0.556. The second-order valence-corrected chi connectivity index (χ2v) is 6.24. The first-order valence-electron chi connectivity index (χ1n) is 7.99. The Balaban J connectivity index is 1.84. The maximum atomic E-state index is 2.47. The number of rotatable bonds is 5. The van der Waals surface area contributed by atoms with E-state index < -0.39 is 0 Å². The lowest BCUT2D eigenvalue weighted by molar-refractivity contribution is -0.939. The Hall–Kier alpha value is -1.08. The first kappa shape index (κ1) is 12.9. The van der Waals surface area contributed by atoms with E-state index in [1.165, 1.54) is 61.8 Å². The van der Waals surface area contributed by atoms with Gasteiger partial charge in [-0.05, 0) is 24.5 Å². The third-order valence-electron chi connectivity index (χ3n) is 5.03. The van der Waals surface area contributed by atoms with Gasteiger partial charge < -0.3 is 4.48 Å². The number of quaternary nitrogens is 1. The van der Waals surface area contributed by atoms with E-state index in [9.17, 15) is 0 Å². The lowest BCUT2D eigenvalue weighted by atomic mass is 10.0. The van der Waals surface area contributed by atoms with E-state index in [1.807, 2.05) is 0 Å². The Labute approximate surface area is 117 Å². The maximum absolute atomic E-state index is 2.47. The summed E-state index contributed by atoms with van der Waals surface area (Å²) in [5.41, 5.74) is 3.02. The molecule has 1 fully saturated rings. The molecule has 3 rings (SSSR count). The minimum Gasteiger partial charge on any atom is -0.314 e. The van der Waals surface area contributed by atoms with Crippen LogP contribution in [0.3, 0.4) is 0 Å². The van der Waals surface area contributed by atoms with Crippen LogP contribution < -0.4 is 0 Å². The molecule has 0 radical (unpaired) electrons. The van der Waals surface area contributed by atoms with Gasteiger partial charge in [0.05, 0.1) is 19.6 Å². The number of hydrogen-bond acceptors (Lipinski definition) is 0. The van der Waals surface area contributed by atoms with E-state index in [2.05, 4.69) is 43.3 Å². The first-order valence-corrected chi connectivity index (χ1v) is 7.99. The minimum absolute atomic E-state index is 0.635. The summed E-state index contributed by atoms with van der Waals surface area (Å²) >= 11 is 0. The molecule has 102 valence electrons. The molecule has 1 unspecified atom stereocenters. The predicted molar refractivity (Wildman–Crippen MR) is 81.8 cm³/mol. The summed E-state index contributed by atoms with van der Waals surface area (Å²) in [6.45, 7) is 6.44. The molecular formula is C18H26N+. The summed E-state index contributed by atoms with van der Waals surface area (Å²) in [5.74, 6) is 0. The molecule has 1 aromatic rings. The Morgan fingerprint density at radius 3 is 2.68 bits per heavy atom. The van der Waals surface area contributed by atoms with Gasteiger partial charge in [-0.1, -0.05) is 43.7 Å². The van der Waals surface area contributed by atoms with Crippen LogP contribution in [0.25, 0.3) is 6.08 Å². The van der Waals surface area contributed by atoms with Crippen LogP contribution in [-0.4, -0.2) is 24.1 Å². The van der Waals surface area contributed by atoms with E-state index >= 15 is 0 Å². The van der Waals surface area contributed by atoms with Crippen molar-refractivity contribution in [3.8, 4) is 0 Å². The SMILES string of the molecule is CCCCC[N+]1(C2C=Cc3ccccc32)CCCC1. The number of benzene rings is 1. The number of likely N-dealkylation sites (tertiary alicyclic amines) is 1. The molecule has 1 heteroatoms. The van der Waals surface area contributed by atoms with Gasteiger partial charge in [0.15, 0.2) is 0 Å². The highest BCUT2D eigenvalue weighted by atomic mass is 15.4. The zero-order chi connectivity index (χ0) is 13.1. The third-order valence-corrected chi connectivity index (χ3v) is 5.03. The van der Waals surface area contributed by atoms with Crippen LogP contribution in [-0.2, 0) is 0 Å². The van der Waals surface area contributed by atoms with Gasteiger partial charge in [0, 0.05) is 18.4 Å². The van der Waals surface area contributed by atoms with Crippen LogP contribution in [0.1, 0.15) is 56.2 Å². The zero-order valence-electron chi connectivity index (χ0n) is 12.1. The maximum Gasteiger partial charge on any atom is 0.134 e. The molecular weight excluding hydrogens is 230 g/mol. The largest absolute Gasteiger partial charge is 0.314 e. The molecule has 0 amide bonds. The van der Waals surface area contributed by atoms with Gasteiger partial charge in [0.25, 0.3) is 0 Å². The Morgan fingerprint density at radius 2 is 1.89 bits per heavy atom. The molecule has 1 aliphatic heterocycles. The van der Waals surface area contributed by atoms with Gasteiger partial charge >= 0.3 is 0 Å². The van der Waals surface area contributed by atoms with E-state index in [0.717, 1.165) is 0 Å². The summed E-state index contributed by atoms with van der Waals surface area (Å²) in [6, 6.07) is 9.62. The quantitative estimate of drug-likeness (QED) is 0.535. The fourth-order valence-electron chi connectivity index (χ4n) is 3.99. The summed E-state index contributed by atoms with van der Waals surface area (Å²) in [5, 5.41) is 0. The van der Waals surface area contributed by atoms with Crippen LogP contribution in [0.2, 0.25) is 0 Å². The summed E-state index contributed by atoms with van der Waals surface area (Å²) in [6.07, 6.45) is 11.8. The predicted octanol–water partition coefficient (Wildman–Crippen LogP) is 4.56. The van der Waals surface area contributed by atoms with Gasteiger partial charge in [-0.25, -0.2) is 0 Å². The average molecular weight is 256 g/mol. The van der Waals surface area contributed by atoms with E-state index in [0.29, 0.717) is 6.04 Å². The molecule has 0 saturated carbocycles. The molecule has 0 bridgehead atoms. The topological polar surface area (TPSA) is 0 Å². The summed E-state index contributed by atoms with van der Waals surface area (Å²) in [7, 11) is 0. The van der Waals surface area contributed by atoms with Gasteiger partial charge in [0.2, 0.25) is 0 Å². The smallest absolute Gasteiger partial charge is 0.134 e. The van der Waals surface area contributed by atoms with Crippen molar-refractivity contribution in [2.24, 2.45) is 0 Å². The number of unbranched alkanes of at least 4 members (excludes halogenated alkanes) is 2. The molecule has 1 nitrogen and oxygen atoms in total. The van der Waals surface area contributed by atoms with Crippen molar-refractivity contribution in [2.75, 3.05) is 19.6 Å². The van der Waals surface area contributed by atoms with Crippen LogP contribution in [0.5, 0.6) is 0 Å². The molecule has 0 N–H and O–H groups in total. The highest BCUT2D eigenvalue weighted by molar-refractivity contribution is 5.61. The van der Waals surface area contributed by atoms with Crippen molar-refractivity contribution in [1.29, 1.82) is 0 Å². The molecule has 0 aromatic heterocycles. The number of hydrogen-bond donors (Lipinski definition) is 0. The van der Waals surface area contributed by atoms with Crippen LogP contribution >= 0.6 is 0 Å². The number of fused-ring (bicyclic) bond motifs is 1. The average Bonchev–Trinajstić information content (AvgIpc) is 3.06. The first-order chi connectivity index (χ1) is 9.36. The van der Waals surface area contributed by atoms with Gasteiger partial charge in [-0.2, -0.15) is 0 Å². The van der Waals surface area contributed by atoms with E-state index in [-0.39, 0.29) is 0 Å². The molecule has 1 saturated heterocycles. The van der Waals surface area contributed by atoms with Crippen molar-refractivity contribution in [3.05, 3.63) is 41.5 Å². The van der Waals surface area contributed by atoms with Crippen molar-refractivity contribution < 1.29 is 4.48 Å². The fourth-order valence-corrected chi connectivity index (χ4v) is 3.99. The summed E-state index contributed by atoms with van der Waals surface area (Å²) in [4.78, 5) is 0. The van der Waals surface area contributed by atoms with Crippen molar-refractivity contribution in [2.45, 2.75) is 45.1 Å². The molecule has 1 atom stereocenters.